The fourth-order valence-electron chi connectivity index (χ4n) is 0.235. The first-order chi connectivity index (χ1) is 3.56. The Morgan fingerprint density at radius 3 is 2.25 bits per heavy atom. The molecule has 0 aromatic heterocycles. The summed E-state index contributed by atoms with van der Waals surface area (Å²) in [4.78, 5) is 0. The van der Waals surface area contributed by atoms with E-state index in [1.54, 1.807) is 5.70 Å². The van der Waals surface area contributed by atoms with Crippen LogP contribution in [0.5, 0.6) is 0 Å². The summed E-state index contributed by atoms with van der Waals surface area (Å²) in [6.45, 7) is 3.92. The van der Waals surface area contributed by atoms with Crippen molar-refractivity contribution in [3.05, 3.63) is 11.8 Å². The van der Waals surface area contributed by atoms with Gasteiger partial charge in [0.2, 0.25) is 0 Å². The lowest BCUT2D eigenvalue weighted by molar-refractivity contribution is 1.53. The number of allylic oxidation sites excluding steroid dienone is 1. The van der Waals surface area contributed by atoms with E-state index in [1.165, 1.54) is 6.08 Å². The zero-order chi connectivity index (χ0) is 6.62. The molecule has 0 fully saturated rings. The van der Waals surface area contributed by atoms with Crippen molar-refractivity contribution in [3.8, 4) is 6.07 Å². The number of hydrogen-bond donors (Lipinski definition) is 0. The molecule has 0 saturated heterocycles. The quantitative estimate of drug-likeness (QED) is 0.315. The summed E-state index contributed by atoms with van der Waals surface area (Å²) in [5, 5.41) is 8.06. The van der Waals surface area contributed by atoms with E-state index in [1.807, 2.05) is 19.2 Å². The van der Waals surface area contributed by atoms with Gasteiger partial charge >= 0.3 is 0 Å². The van der Waals surface area contributed by atoms with Gasteiger partial charge in [0, 0.05) is 6.08 Å². The molecule has 0 radical (unpaired) electrons. The number of rotatable bonds is 1. The van der Waals surface area contributed by atoms with Gasteiger partial charge in [0.1, 0.15) is 0 Å². The van der Waals surface area contributed by atoms with E-state index in [9.17, 15) is 0 Å². The highest BCUT2D eigenvalue weighted by molar-refractivity contribution is 7.21. The molecule has 8 heavy (non-hydrogen) atoms. The summed E-state index contributed by atoms with van der Waals surface area (Å²) in [6, 6.07) is 1.89. The van der Waals surface area contributed by atoms with Gasteiger partial charge in [-0.1, -0.05) is 18.8 Å². The fourth-order valence-corrected chi connectivity index (χ4v) is 0.895. The van der Waals surface area contributed by atoms with Crippen molar-refractivity contribution in [1.82, 2.24) is 0 Å². The molecule has 0 saturated carbocycles. The van der Waals surface area contributed by atoms with E-state index in [2.05, 4.69) is 0 Å². The van der Waals surface area contributed by atoms with Crippen molar-refractivity contribution in [2.75, 3.05) is 0 Å². The van der Waals surface area contributed by atoms with Crippen LogP contribution in [-0.4, -0.2) is 7.38 Å². The molecule has 0 unspecified atom stereocenters. The maximum absolute atomic E-state index is 8.06. The minimum Gasteiger partial charge on any atom is -0.193 e. The molecule has 3 heteroatoms. The first-order valence-corrected chi connectivity index (χ1v) is 6.41. The van der Waals surface area contributed by atoms with Gasteiger partial charge in [-0.05, 0) is 0 Å². The Morgan fingerprint density at radius 1 is 1.62 bits per heavy atom. The van der Waals surface area contributed by atoms with Crippen LogP contribution in [0, 0.1) is 11.3 Å². The molecule has 0 aliphatic rings. The van der Waals surface area contributed by atoms with Crippen LogP contribution in [0.25, 0.3) is 0 Å². The minimum atomic E-state index is -1.61. The third-order valence-electron chi connectivity index (χ3n) is 0.554. The topological polar surface area (TPSA) is 23.8 Å². The normalized spacial score (nSPS) is 11.8. The second-order valence-electron chi connectivity index (χ2n) is 2.03. The molecule has 0 aromatic carbocycles. The average molecular weight is 146 g/mol. The highest BCUT2D eigenvalue weighted by Crippen LogP contribution is 2.07. The summed E-state index contributed by atoms with van der Waals surface area (Å²) in [5.74, 6) is 0. The molecule has 0 aliphatic heterocycles. The summed E-state index contributed by atoms with van der Waals surface area (Å²) < 4.78 is 0. The second kappa shape index (κ2) is 2.90. The fraction of sp³-hybridized carbons (Fsp3) is 0.400. The largest absolute Gasteiger partial charge is 0.193 e. The zero-order valence-electron chi connectivity index (χ0n) is 4.98. The third kappa shape index (κ3) is 5.74. The van der Waals surface area contributed by atoms with Gasteiger partial charge in [0.25, 0.3) is 0 Å². The Labute approximate surface area is 55.3 Å². The van der Waals surface area contributed by atoms with Gasteiger partial charge in [0.05, 0.1) is 6.07 Å². The van der Waals surface area contributed by atoms with Crippen molar-refractivity contribution in [3.63, 3.8) is 0 Å². The van der Waals surface area contributed by atoms with Gasteiger partial charge in [0.15, 0.2) is 7.38 Å². The Hall–Kier alpha value is -0.263. The number of nitriles is 1. The van der Waals surface area contributed by atoms with Gasteiger partial charge in [-0.2, -0.15) is 16.3 Å². The van der Waals surface area contributed by atoms with E-state index in [4.69, 9.17) is 16.3 Å². The van der Waals surface area contributed by atoms with E-state index >= 15 is 0 Å². The first-order valence-electron chi connectivity index (χ1n) is 2.32. The molecule has 0 N–H and O–H groups in total. The number of nitrogens with zero attached hydrogens (tertiary/aromatic N) is 1. The van der Waals surface area contributed by atoms with Crippen LogP contribution < -0.4 is 0 Å². The smallest absolute Gasteiger partial charge is 0.174 e. The lowest BCUT2D eigenvalue weighted by Gasteiger charge is -2.01. The van der Waals surface area contributed by atoms with E-state index < -0.39 is 7.38 Å². The Bertz CT molecular complexity index is 128. The predicted octanol–water partition coefficient (Wildman–Crippen LogP) is 2.05. The van der Waals surface area contributed by atoms with Crippen LogP contribution in [0.15, 0.2) is 11.8 Å². The second-order valence-corrected chi connectivity index (χ2v) is 8.41. The summed E-state index contributed by atoms with van der Waals surface area (Å²) in [6.07, 6.45) is 1.44. The SMILES string of the molecule is C[Si](C)(Cl)/C=C/C#N. The highest BCUT2D eigenvalue weighted by atomic mass is 35.6. The standard InChI is InChI=1S/C5H8ClNSi/c1-8(2,6)5-3-4-7/h3,5H,1-2H3/b5-3+. The predicted molar refractivity (Wildman–Crippen MR) is 38.1 cm³/mol. The highest BCUT2D eigenvalue weighted by Gasteiger charge is 2.10. The van der Waals surface area contributed by atoms with Gasteiger partial charge in [-0.25, -0.2) is 0 Å². The lowest BCUT2D eigenvalue weighted by Crippen LogP contribution is -2.11. The monoisotopic (exact) mass is 145 g/mol. The van der Waals surface area contributed by atoms with Gasteiger partial charge in [-0.15, -0.1) is 0 Å². The lowest BCUT2D eigenvalue weighted by atomic mass is 10.7. The van der Waals surface area contributed by atoms with Crippen LogP contribution >= 0.6 is 11.1 Å². The molecule has 0 aliphatic carbocycles. The maximum Gasteiger partial charge on any atom is 0.174 e. The van der Waals surface area contributed by atoms with E-state index in [0.29, 0.717) is 0 Å². The van der Waals surface area contributed by atoms with Crippen LogP contribution in [-0.2, 0) is 0 Å². The van der Waals surface area contributed by atoms with Crippen molar-refractivity contribution in [2.45, 2.75) is 13.1 Å². The first kappa shape index (κ1) is 7.74. The maximum atomic E-state index is 8.06. The van der Waals surface area contributed by atoms with E-state index in [-0.39, 0.29) is 0 Å². The number of hydrogen-bond acceptors (Lipinski definition) is 1. The van der Waals surface area contributed by atoms with Crippen molar-refractivity contribution in [2.24, 2.45) is 0 Å². The van der Waals surface area contributed by atoms with Crippen molar-refractivity contribution < 1.29 is 0 Å². The van der Waals surface area contributed by atoms with Crippen molar-refractivity contribution in [1.29, 1.82) is 5.26 Å². The molecule has 0 heterocycles. The van der Waals surface area contributed by atoms with E-state index in [0.717, 1.165) is 0 Å². The molecule has 0 spiro atoms. The summed E-state index contributed by atoms with van der Waals surface area (Å²) in [7, 11) is -1.61. The molecule has 0 atom stereocenters. The number of halogens is 1. The molecule has 0 bridgehead atoms. The zero-order valence-corrected chi connectivity index (χ0v) is 6.74. The van der Waals surface area contributed by atoms with Crippen LogP contribution in [0.4, 0.5) is 0 Å². The van der Waals surface area contributed by atoms with Crippen LogP contribution in [0.1, 0.15) is 0 Å². The summed E-state index contributed by atoms with van der Waals surface area (Å²) >= 11 is 5.81. The molecule has 0 amide bonds. The van der Waals surface area contributed by atoms with Gasteiger partial charge in [-0.3, -0.25) is 0 Å². The van der Waals surface area contributed by atoms with Crippen LogP contribution in [0.3, 0.4) is 0 Å². The minimum absolute atomic E-state index is 1.44. The molecule has 0 rings (SSSR count). The Morgan fingerprint density at radius 2 is 2.12 bits per heavy atom. The van der Waals surface area contributed by atoms with Crippen molar-refractivity contribution >= 4 is 18.5 Å². The molecule has 0 aromatic rings. The molecular weight excluding hydrogens is 138 g/mol. The Kier molecular flexibility index (Phi) is 2.81. The van der Waals surface area contributed by atoms with Crippen LogP contribution in [0.2, 0.25) is 13.1 Å². The third-order valence-corrected chi connectivity index (χ3v) is 1.89. The molecular formula is C5H8ClNSi. The van der Waals surface area contributed by atoms with Gasteiger partial charge < -0.3 is 0 Å². The molecule has 1 nitrogen and oxygen atoms in total. The Balaban J connectivity index is 3.75. The molecule has 44 valence electrons. The summed E-state index contributed by atoms with van der Waals surface area (Å²) in [5.41, 5.74) is 1.79. The average Bonchev–Trinajstić information content (AvgIpc) is 1.59.